The van der Waals surface area contributed by atoms with Gasteiger partial charge >= 0.3 is 0 Å². The fraction of sp³-hybridized carbons (Fsp3) is 0.615. The fourth-order valence-corrected chi connectivity index (χ4v) is 3.48. The molecule has 6 heteroatoms. The molecular formula is C13H20BrN3OS. The summed E-state index contributed by atoms with van der Waals surface area (Å²) in [5.74, 6) is 2.51. The van der Waals surface area contributed by atoms with Gasteiger partial charge in [0.25, 0.3) is 0 Å². The molecule has 2 rings (SSSR count). The zero-order chi connectivity index (χ0) is 13.8. The van der Waals surface area contributed by atoms with Crippen molar-refractivity contribution in [1.82, 2.24) is 10.3 Å². The summed E-state index contributed by atoms with van der Waals surface area (Å²) in [6, 6.07) is 2.56. The average molecular weight is 346 g/mol. The molecule has 1 aromatic rings. The van der Waals surface area contributed by atoms with Crippen molar-refractivity contribution in [3.63, 3.8) is 0 Å². The van der Waals surface area contributed by atoms with E-state index in [0.717, 1.165) is 41.4 Å². The van der Waals surface area contributed by atoms with Crippen LogP contribution >= 0.6 is 15.9 Å². The van der Waals surface area contributed by atoms with Gasteiger partial charge in [0.15, 0.2) is 0 Å². The third-order valence-electron chi connectivity index (χ3n) is 3.09. The average Bonchev–Trinajstić information content (AvgIpc) is 2.38. The lowest BCUT2D eigenvalue weighted by Crippen LogP contribution is -2.39. The molecule has 0 bridgehead atoms. The second-order valence-electron chi connectivity index (χ2n) is 5.01. The van der Waals surface area contributed by atoms with Crippen LogP contribution in [0.15, 0.2) is 16.7 Å². The van der Waals surface area contributed by atoms with Crippen LogP contribution in [-0.4, -0.2) is 39.8 Å². The lowest BCUT2D eigenvalue weighted by Gasteiger charge is -2.29. The van der Waals surface area contributed by atoms with Crippen LogP contribution in [0, 0.1) is 0 Å². The van der Waals surface area contributed by atoms with Crippen LogP contribution in [0.1, 0.15) is 19.4 Å². The molecule has 2 heterocycles. The Balaban J connectivity index is 2.16. The first-order valence-corrected chi connectivity index (χ1v) is 8.82. The fourth-order valence-electron chi connectivity index (χ4n) is 2.05. The highest BCUT2D eigenvalue weighted by molar-refractivity contribution is 9.10. The minimum absolute atomic E-state index is 0.445. The van der Waals surface area contributed by atoms with Gasteiger partial charge in [0, 0.05) is 64.2 Å². The lowest BCUT2D eigenvalue weighted by molar-refractivity contribution is 0.586. The van der Waals surface area contributed by atoms with Crippen molar-refractivity contribution < 1.29 is 4.21 Å². The Morgan fingerprint density at radius 1 is 1.47 bits per heavy atom. The maximum atomic E-state index is 11.4. The first kappa shape index (κ1) is 14.9. The highest BCUT2D eigenvalue weighted by Crippen LogP contribution is 2.22. The van der Waals surface area contributed by atoms with Crippen molar-refractivity contribution in [3.05, 3.63) is 22.3 Å². The van der Waals surface area contributed by atoms with Gasteiger partial charge in [0.05, 0.1) is 0 Å². The molecule has 19 heavy (non-hydrogen) atoms. The Morgan fingerprint density at radius 2 is 2.16 bits per heavy atom. The lowest BCUT2D eigenvalue weighted by atomic mass is 10.2. The Bertz CT molecular complexity index is 457. The maximum absolute atomic E-state index is 11.4. The quantitative estimate of drug-likeness (QED) is 0.905. The van der Waals surface area contributed by atoms with E-state index in [1.54, 1.807) is 0 Å². The Kier molecular flexibility index (Phi) is 5.36. The van der Waals surface area contributed by atoms with Gasteiger partial charge in [-0.25, -0.2) is 4.98 Å². The summed E-state index contributed by atoms with van der Waals surface area (Å²) in [6.45, 7) is 6.73. The molecule has 0 atom stereocenters. The van der Waals surface area contributed by atoms with Gasteiger partial charge in [-0.15, -0.1) is 0 Å². The number of hydrogen-bond donors (Lipinski definition) is 1. The molecule has 4 nitrogen and oxygen atoms in total. The van der Waals surface area contributed by atoms with Crippen LogP contribution in [0.2, 0.25) is 0 Å². The van der Waals surface area contributed by atoms with Crippen LogP contribution in [0.25, 0.3) is 0 Å². The number of rotatable bonds is 4. The molecule has 1 aliphatic rings. The van der Waals surface area contributed by atoms with Gasteiger partial charge in [-0.2, -0.15) is 0 Å². The van der Waals surface area contributed by atoms with E-state index in [4.69, 9.17) is 0 Å². The van der Waals surface area contributed by atoms with E-state index in [9.17, 15) is 4.21 Å². The number of nitrogens with zero attached hydrogens (tertiary/aromatic N) is 2. The molecule has 0 saturated carbocycles. The van der Waals surface area contributed by atoms with Crippen molar-refractivity contribution in [2.45, 2.75) is 26.4 Å². The van der Waals surface area contributed by atoms with Gasteiger partial charge in [-0.1, -0.05) is 13.8 Å². The van der Waals surface area contributed by atoms with Crippen LogP contribution < -0.4 is 10.2 Å². The van der Waals surface area contributed by atoms with E-state index in [0.29, 0.717) is 6.04 Å². The molecule has 1 N–H and O–H groups in total. The number of halogens is 1. The molecule has 0 unspecified atom stereocenters. The van der Waals surface area contributed by atoms with Gasteiger partial charge in [-0.3, -0.25) is 4.21 Å². The third kappa shape index (κ3) is 4.26. The molecule has 1 aromatic heterocycles. The zero-order valence-corrected chi connectivity index (χ0v) is 13.8. The summed E-state index contributed by atoms with van der Waals surface area (Å²) in [5, 5.41) is 3.43. The summed E-state index contributed by atoms with van der Waals surface area (Å²) in [7, 11) is -0.651. The van der Waals surface area contributed by atoms with Crippen molar-refractivity contribution in [2.24, 2.45) is 0 Å². The standard InChI is InChI=1S/C13H20BrN3OS/c1-10(2)15-8-11-7-12(14)9-16-13(11)17-3-5-19(18)6-4-17/h7,9-10,15H,3-6,8H2,1-2H3. The molecule has 0 aliphatic carbocycles. The van der Waals surface area contributed by atoms with Gasteiger partial charge < -0.3 is 10.2 Å². The van der Waals surface area contributed by atoms with E-state index < -0.39 is 10.8 Å². The smallest absolute Gasteiger partial charge is 0.133 e. The van der Waals surface area contributed by atoms with Crippen LogP contribution in [0.4, 0.5) is 5.82 Å². The van der Waals surface area contributed by atoms with Crippen LogP contribution in [0.3, 0.4) is 0 Å². The van der Waals surface area contributed by atoms with Crippen LogP contribution in [-0.2, 0) is 17.3 Å². The minimum atomic E-state index is -0.651. The van der Waals surface area contributed by atoms with Crippen LogP contribution in [0.5, 0.6) is 0 Å². The number of aromatic nitrogens is 1. The SMILES string of the molecule is CC(C)NCc1cc(Br)cnc1N1CCS(=O)CC1. The van der Waals surface area contributed by atoms with Crippen molar-refractivity contribution in [1.29, 1.82) is 0 Å². The summed E-state index contributed by atoms with van der Waals surface area (Å²) >= 11 is 3.48. The first-order valence-electron chi connectivity index (χ1n) is 6.54. The molecular weight excluding hydrogens is 326 g/mol. The predicted octanol–water partition coefficient (Wildman–Crippen LogP) is 1.91. The number of pyridine rings is 1. The second-order valence-corrected chi connectivity index (χ2v) is 7.62. The second kappa shape index (κ2) is 6.81. The largest absolute Gasteiger partial charge is 0.355 e. The first-order chi connectivity index (χ1) is 9.06. The van der Waals surface area contributed by atoms with Gasteiger partial charge in [-0.05, 0) is 22.0 Å². The van der Waals surface area contributed by atoms with Crippen molar-refractivity contribution >= 4 is 32.5 Å². The van der Waals surface area contributed by atoms with Gasteiger partial charge in [0.1, 0.15) is 5.82 Å². The highest BCUT2D eigenvalue weighted by atomic mass is 79.9. The molecule has 0 spiro atoms. The summed E-state index contributed by atoms with van der Waals surface area (Å²) in [5.41, 5.74) is 1.19. The summed E-state index contributed by atoms with van der Waals surface area (Å²) in [6.07, 6.45) is 1.83. The van der Waals surface area contributed by atoms with Crippen molar-refractivity contribution in [3.8, 4) is 0 Å². The molecule has 0 radical (unpaired) electrons. The minimum Gasteiger partial charge on any atom is -0.355 e. The van der Waals surface area contributed by atoms with E-state index in [1.165, 1.54) is 5.56 Å². The Labute approximate surface area is 125 Å². The van der Waals surface area contributed by atoms with E-state index >= 15 is 0 Å². The molecule has 1 fully saturated rings. The zero-order valence-electron chi connectivity index (χ0n) is 11.4. The van der Waals surface area contributed by atoms with E-state index in [-0.39, 0.29) is 0 Å². The molecule has 0 aromatic carbocycles. The topological polar surface area (TPSA) is 45.2 Å². The number of hydrogen-bond acceptors (Lipinski definition) is 4. The van der Waals surface area contributed by atoms with E-state index in [1.807, 2.05) is 6.20 Å². The summed E-state index contributed by atoms with van der Waals surface area (Å²) < 4.78 is 12.4. The summed E-state index contributed by atoms with van der Waals surface area (Å²) in [4.78, 5) is 6.79. The molecule has 1 saturated heterocycles. The predicted molar refractivity (Wildman–Crippen MR) is 84.0 cm³/mol. The van der Waals surface area contributed by atoms with E-state index in [2.05, 4.69) is 51.0 Å². The monoisotopic (exact) mass is 345 g/mol. The van der Waals surface area contributed by atoms with Crippen molar-refractivity contribution in [2.75, 3.05) is 29.5 Å². The highest BCUT2D eigenvalue weighted by Gasteiger charge is 2.19. The Hall–Kier alpha value is -0.460. The Morgan fingerprint density at radius 3 is 2.79 bits per heavy atom. The number of nitrogens with one attached hydrogen (secondary N) is 1. The molecule has 106 valence electrons. The molecule has 1 aliphatic heterocycles. The normalized spacial score (nSPS) is 17.2. The third-order valence-corrected chi connectivity index (χ3v) is 4.80. The van der Waals surface area contributed by atoms with Gasteiger partial charge in [0.2, 0.25) is 0 Å². The maximum Gasteiger partial charge on any atom is 0.133 e. The number of anilines is 1. The molecule has 0 amide bonds.